The smallest absolute Gasteiger partial charge is 0.137 e. The summed E-state index contributed by atoms with van der Waals surface area (Å²) < 4.78 is 3.35. The second kappa shape index (κ2) is 7.55. The van der Waals surface area contributed by atoms with E-state index in [1.54, 1.807) is 0 Å². The van der Waals surface area contributed by atoms with Crippen molar-refractivity contribution in [2.45, 2.75) is 33.6 Å². The average Bonchev–Trinajstić information content (AvgIpc) is 3.05. The fourth-order valence-electron chi connectivity index (χ4n) is 3.84. The molecule has 0 atom stereocenters. The fourth-order valence-corrected chi connectivity index (χ4v) is 4.11. The number of nitrogens with zero attached hydrogens (tertiary/aromatic N) is 3. The van der Waals surface area contributed by atoms with Crippen LogP contribution in [0.3, 0.4) is 0 Å². The van der Waals surface area contributed by atoms with E-state index in [1.807, 2.05) is 25.3 Å². The minimum Gasteiger partial charge on any atom is -0.396 e. The van der Waals surface area contributed by atoms with E-state index in [0.29, 0.717) is 6.61 Å². The van der Waals surface area contributed by atoms with Gasteiger partial charge in [-0.05, 0) is 61.1 Å². The Hall–Kier alpha value is -2.40. The van der Waals surface area contributed by atoms with Gasteiger partial charge in [-0.15, -0.1) is 0 Å². The van der Waals surface area contributed by atoms with Gasteiger partial charge in [0, 0.05) is 21.9 Å². The highest BCUT2D eigenvalue weighted by atomic mass is 79.9. The molecule has 0 aliphatic heterocycles. The highest BCUT2D eigenvalue weighted by molar-refractivity contribution is 9.10. The lowest BCUT2D eigenvalue weighted by Gasteiger charge is -2.31. The number of pyridine rings is 1. The second-order valence-corrected chi connectivity index (χ2v) is 8.81. The molecule has 0 fully saturated rings. The van der Waals surface area contributed by atoms with Gasteiger partial charge in [0.2, 0.25) is 0 Å². The van der Waals surface area contributed by atoms with Gasteiger partial charge in [0.25, 0.3) is 0 Å². The monoisotopic (exact) mass is 437 g/mol. The topological polar surface area (TPSA) is 39.4 Å². The van der Waals surface area contributed by atoms with Crippen LogP contribution in [0.25, 0.3) is 17.1 Å². The van der Waals surface area contributed by atoms with Gasteiger partial charge < -0.3 is 4.84 Å². The van der Waals surface area contributed by atoms with Crippen LogP contribution in [-0.4, -0.2) is 21.9 Å². The Kier molecular flexibility index (Phi) is 5.11. The summed E-state index contributed by atoms with van der Waals surface area (Å²) in [4.78, 5) is 10.1. The van der Waals surface area contributed by atoms with Crippen LogP contribution in [0.2, 0.25) is 0 Å². The maximum atomic E-state index is 5.46. The molecule has 1 aliphatic carbocycles. The van der Waals surface area contributed by atoms with Gasteiger partial charge >= 0.3 is 0 Å². The standard InChI is InChI=1S/C23H24BrN3O/c1-4-28-26-19-14-23(2,3)15-21-18(19)13-20(16-8-10-17(24)11-9-16)27(21)22-7-5-6-12-25-22/h5-13H,4,14-15H2,1-3H3. The van der Waals surface area contributed by atoms with Crippen molar-refractivity contribution < 1.29 is 4.84 Å². The summed E-state index contributed by atoms with van der Waals surface area (Å²) in [6.45, 7) is 7.10. The van der Waals surface area contributed by atoms with E-state index >= 15 is 0 Å². The van der Waals surface area contributed by atoms with Crippen molar-refractivity contribution in [3.8, 4) is 17.1 Å². The molecule has 1 aliphatic rings. The predicted molar refractivity (Wildman–Crippen MR) is 117 cm³/mol. The molecule has 0 unspecified atom stereocenters. The highest BCUT2D eigenvalue weighted by Crippen LogP contribution is 2.40. The molecule has 2 aromatic heterocycles. The molecule has 0 saturated carbocycles. The zero-order valence-corrected chi connectivity index (χ0v) is 18.0. The van der Waals surface area contributed by atoms with Crippen molar-refractivity contribution in [2.24, 2.45) is 10.6 Å². The van der Waals surface area contributed by atoms with Crippen LogP contribution >= 0.6 is 15.9 Å². The molecule has 0 bridgehead atoms. The molecule has 0 radical (unpaired) electrons. The molecule has 0 saturated heterocycles. The maximum absolute atomic E-state index is 5.46. The number of rotatable bonds is 4. The molecule has 4 rings (SSSR count). The molecule has 1 aromatic carbocycles. The number of hydrogen-bond donors (Lipinski definition) is 0. The Morgan fingerprint density at radius 2 is 1.93 bits per heavy atom. The molecule has 4 nitrogen and oxygen atoms in total. The molecule has 5 heteroatoms. The summed E-state index contributed by atoms with van der Waals surface area (Å²) in [5.41, 5.74) is 5.80. The van der Waals surface area contributed by atoms with Gasteiger partial charge in [-0.1, -0.05) is 53.1 Å². The molecule has 144 valence electrons. The summed E-state index contributed by atoms with van der Waals surface area (Å²) in [5, 5.41) is 4.47. The van der Waals surface area contributed by atoms with Crippen LogP contribution in [0.4, 0.5) is 0 Å². The Morgan fingerprint density at radius 1 is 1.14 bits per heavy atom. The van der Waals surface area contributed by atoms with Crippen molar-refractivity contribution in [1.82, 2.24) is 9.55 Å². The first kappa shape index (κ1) is 18.9. The third-order valence-corrected chi connectivity index (χ3v) is 5.56. The molecule has 0 spiro atoms. The largest absolute Gasteiger partial charge is 0.396 e. The highest BCUT2D eigenvalue weighted by Gasteiger charge is 2.34. The lowest BCUT2D eigenvalue weighted by atomic mass is 9.76. The number of fused-ring (bicyclic) bond motifs is 1. The normalized spacial score (nSPS) is 16.8. The van der Waals surface area contributed by atoms with Gasteiger partial charge in [0.15, 0.2) is 0 Å². The minimum absolute atomic E-state index is 0.102. The molecule has 2 heterocycles. The van der Waals surface area contributed by atoms with Gasteiger partial charge in [-0.2, -0.15) is 0 Å². The first-order valence-corrected chi connectivity index (χ1v) is 10.4. The van der Waals surface area contributed by atoms with E-state index in [0.717, 1.165) is 45.7 Å². The summed E-state index contributed by atoms with van der Waals surface area (Å²) >= 11 is 3.54. The molecule has 3 aromatic rings. The van der Waals surface area contributed by atoms with E-state index in [9.17, 15) is 0 Å². The Balaban J connectivity index is 1.97. The lowest BCUT2D eigenvalue weighted by Crippen LogP contribution is -2.28. The van der Waals surface area contributed by atoms with Gasteiger partial charge in [-0.25, -0.2) is 4.98 Å². The summed E-state index contributed by atoms with van der Waals surface area (Å²) in [5.74, 6) is 0.926. The van der Waals surface area contributed by atoms with Gasteiger partial charge in [0.05, 0.1) is 11.4 Å². The third-order valence-electron chi connectivity index (χ3n) is 5.03. The Labute approximate surface area is 174 Å². The molecule has 28 heavy (non-hydrogen) atoms. The first-order chi connectivity index (χ1) is 13.5. The third kappa shape index (κ3) is 3.63. The maximum Gasteiger partial charge on any atom is 0.137 e. The lowest BCUT2D eigenvalue weighted by molar-refractivity contribution is 0.156. The fraction of sp³-hybridized carbons (Fsp3) is 0.304. The molecule has 0 N–H and O–H groups in total. The van der Waals surface area contributed by atoms with Crippen LogP contribution in [0.15, 0.2) is 64.4 Å². The van der Waals surface area contributed by atoms with E-state index in [4.69, 9.17) is 4.84 Å². The zero-order valence-electron chi connectivity index (χ0n) is 16.4. The Bertz CT molecular complexity index is 1000. The van der Waals surface area contributed by atoms with E-state index < -0.39 is 0 Å². The molecular weight excluding hydrogens is 414 g/mol. The van der Waals surface area contributed by atoms with Crippen molar-refractivity contribution in [3.05, 3.63) is 70.5 Å². The van der Waals surface area contributed by atoms with Crippen molar-refractivity contribution in [2.75, 3.05) is 6.61 Å². The van der Waals surface area contributed by atoms with Crippen LogP contribution < -0.4 is 0 Å². The summed E-state index contributed by atoms with van der Waals surface area (Å²) in [6.07, 6.45) is 3.70. The van der Waals surface area contributed by atoms with Gasteiger partial charge in [0.1, 0.15) is 12.4 Å². The summed E-state index contributed by atoms with van der Waals surface area (Å²) in [6, 6.07) is 16.7. The van der Waals surface area contributed by atoms with E-state index in [1.165, 1.54) is 5.69 Å². The average molecular weight is 438 g/mol. The van der Waals surface area contributed by atoms with Crippen molar-refractivity contribution >= 4 is 21.6 Å². The quantitative estimate of drug-likeness (QED) is 0.468. The Morgan fingerprint density at radius 3 is 2.61 bits per heavy atom. The number of oxime groups is 1. The minimum atomic E-state index is 0.102. The van der Waals surface area contributed by atoms with Crippen LogP contribution in [0, 0.1) is 5.41 Å². The van der Waals surface area contributed by atoms with Crippen LogP contribution in [0.5, 0.6) is 0 Å². The first-order valence-electron chi connectivity index (χ1n) is 9.60. The van der Waals surface area contributed by atoms with Crippen molar-refractivity contribution in [3.63, 3.8) is 0 Å². The molecule has 0 amide bonds. The number of benzene rings is 1. The number of halogens is 1. The number of hydrogen-bond acceptors (Lipinski definition) is 3. The van der Waals surface area contributed by atoms with Gasteiger partial charge in [-0.3, -0.25) is 4.57 Å². The zero-order chi connectivity index (χ0) is 19.7. The molecular formula is C23H24BrN3O. The number of aromatic nitrogens is 2. The second-order valence-electron chi connectivity index (χ2n) is 7.89. The van der Waals surface area contributed by atoms with Crippen LogP contribution in [-0.2, 0) is 11.3 Å². The van der Waals surface area contributed by atoms with Crippen LogP contribution in [0.1, 0.15) is 38.4 Å². The predicted octanol–water partition coefficient (Wildman–Crippen LogP) is 6.01. The van der Waals surface area contributed by atoms with E-state index in [2.05, 4.69) is 80.9 Å². The summed E-state index contributed by atoms with van der Waals surface area (Å²) in [7, 11) is 0. The van der Waals surface area contributed by atoms with E-state index in [-0.39, 0.29) is 5.41 Å². The SMILES string of the molecule is CCON=C1CC(C)(C)Cc2c1cc(-c1ccc(Br)cc1)n2-c1ccccn1. The van der Waals surface area contributed by atoms with Crippen molar-refractivity contribution in [1.29, 1.82) is 0 Å².